The number of ketones is 1. The van der Waals surface area contributed by atoms with Crippen LogP contribution in [-0.2, 0) is 0 Å². The number of rotatable bonds is 0. The third-order valence-electron chi connectivity index (χ3n) is 1.89. The highest BCUT2D eigenvalue weighted by atomic mass is 79.9. The van der Waals surface area contributed by atoms with Crippen LogP contribution < -0.4 is 0 Å². The van der Waals surface area contributed by atoms with E-state index in [0.717, 1.165) is 20.7 Å². The Balaban J connectivity index is 2.57. The third kappa shape index (κ3) is 1.72. The maximum atomic E-state index is 11.7. The lowest BCUT2D eigenvalue weighted by atomic mass is 10.1. The van der Waals surface area contributed by atoms with Crippen molar-refractivity contribution < 1.29 is 4.79 Å². The predicted molar refractivity (Wildman–Crippen MR) is 61.9 cm³/mol. The highest BCUT2D eigenvalue weighted by Crippen LogP contribution is 2.36. The maximum Gasteiger partial charge on any atom is 0.179 e. The summed E-state index contributed by atoms with van der Waals surface area (Å²) in [6, 6.07) is 5.85. The second-order valence-electron chi connectivity index (χ2n) is 2.76. The van der Waals surface area contributed by atoms with Crippen molar-refractivity contribution in [3.05, 3.63) is 28.2 Å². The molecule has 0 aliphatic carbocycles. The average Bonchev–Trinajstić information content (AvgIpc) is 2.12. The van der Waals surface area contributed by atoms with Gasteiger partial charge < -0.3 is 0 Å². The van der Waals surface area contributed by atoms with E-state index in [2.05, 4.69) is 31.9 Å². The Bertz CT molecular complexity index is 365. The number of carbonyl (C=O) groups is 1. The topological polar surface area (TPSA) is 17.1 Å². The number of halogens is 2. The Labute approximate surface area is 97.5 Å². The minimum atomic E-state index is -0.0382. The Morgan fingerprint density at radius 3 is 3.00 bits per heavy atom. The first kappa shape index (κ1) is 9.74. The molecule has 1 nitrogen and oxygen atoms in total. The molecule has 0 fully saturated rings. The number of carbonyl (C=O) groups excluding carboxylic acids is 1. The van der Waals surface area contributed by atoms with Gasteiger partial charge in [0, 0.05) is 20.7 Å². The molecule has 1 unspecified atom stereocenters. The number of alkyl halides is 1. The summed E-state index contributed by atoms with van der Waals surface area (Å²) in [5.74, 6) is 1.00. The zero-order chi connectivity index (χ0) is 9.42. The first-order valence-electron chi connectivity index (χ1n) is 3.80. The van der Waals surface area contributed by atoms with Gasteiger partial charge in [0.1, 0.15) is 0 Å². The summed E-state index contributed by atoms with van der Waals surface area (Å²) in [6.45, 7) is 0. The Morgan fingerprint density at radius 1 is 1.46 bits per heavy atom. The quantitative estimate of drug-likeness (QED) is 0.680. The molecule has 1 atom stereocenters. The van der Waals surface area contributed by atoms with Gasteiger partial charge in [0.2, 0.25) is 0 Å². The van der Waals surface area contributed by atoms with Gasteiger partial charge in [-0.2, -0.15) is 0 Å². The van der Waals surface area contributed by atoms with Crippen molar-refractivity contribution in [2.45, 2.75) is 9.72 Å². The fourth-order valence-corrected chi connectivity index (χ4v) is 3.58. The molecule has 1 aliphatic heterocycles. The van der Waals surface area contributed by atoms with Gasteiger partial charge in [0.25, 0.3) is 0 Å². The number of fused-ring (bicyclic) bond motifs is 1. The third-order valence-corrected chi connectivity index (χ3v) is 4.87. The van der Waals surface area contributed by atoms with Crippen LogP contribution in [0.2, 0.25) is 0 Å². The molecule has 0 saturated carbocycles. The van der Waals surface area contributed by atoms with Gasteiger partial charge in [0.15, 0.2) is 5.78 Å². The molecule has 1 aromatic rings. The van der Waals surface area contributed by atoms with E-state index in [9.17, 15) is 4.79 Å². The van der Waals surface area contributed by atoms with Crippen LogP contribution in [0.4, 0.5) is 0 Å². The number of Topliss-reactive ketones (excluding diaryl/α,β-unsaturated/α-hetero) is 1. The van der Waals surface area contributed by atoms with Crippen LogP contribution in [0, 0.1) is 0 Å². The summed E-state index contributed by atoms with van der Waals surface area (Å²) in [5.41, 5.74) is 0.820. The van der Waals surface area contributed by atoms with E-state index in [4.69, 9.17) is 0 Å². The van der Waals surface area contributed by atoms with Crippen molar-refractivity contribution >= 4 is 49.4 Å². The van der Waals surface area contributed by atoms with Crippen LogP contribution in [0.3, 0.4) is 0 Å². The summed E-state index contributed by atoms with van der Waals surface area (Å²) < 4.78 is 0.895. The minimum absolute atomic E-state index is 0.0382. The lowest BCUT2D eigenvalue weighted by molar-refractivity contribution is 0.0991. The van der Waals surface area contributed by atoms with Crippen LogP contribution >= 0.6 is 43.6 Å². The summed E-state index contributed by atoms with van der Waals surface area (Å²) >= 11 is 8.48. The summed E-state index contributed by atoms with van der Waals surface area (Å²) in [7, 11) is 0. The number of thioether (sulfide) groups is 1. The van der Waals surface area contributed by atoms with E-state index in [1.54, 1.807) is 11.8 Å². The fraction of sp³-hybridized carbons (Fsp3) is 0.222. The van der Waals surface area contributed by atoms with Crippen molar-refractivity contribution in [3.8, 4) is 0 Å². The van der Waals surface area contributed by atoms with Crippen LogP contribution in [0.5, 0.6) is 0 Å². The molecule has 4 heteroatoms. The van der Waals surface area contributed by atoms with Crippen molar-refractivity contribution in [1.82, 2.24) is 0 Å². The SMILES string of the molecule is O=C1c2c(Br)cccc2SCC1Br. The second-order valence-corrected chi connectivity index (χ2v) is 5.78. The molecule has 0 radical (unpaired) electrons. The van der Waals surface area contributed by atoms with Crippen LogP contribution in [0.25, 0.3) is 0 Å². The largest absolute Gasteiger partial charge is 0.293 e. The molecule has 1 heterocycles. The van der Waals surface area contributed by atoms with Crippen LogP contribution in [0.15, 0.2) is 27.6 Å². The molecule has 0 amide bonds. The highest BCUT2D eigenvalue weighted by Gasteiger charge is 2.27. The van der Waals surface area contributed by atoms with E-state index >= 15 is 0 Å². The molecule has 68 valence electrons. The summed E-state index contributed by atoms with van der Waals surface area (Å²) in [4.78, 5) is 12.8. The molecule has 0 spiro atoms. The van der Waals surface area contributed by atoms with Gasteiger partial charge in [-0.25, -0.2) is 0 Å². The average molecular weight is 322 g/mol. The zero-order valence-corrected chi connectivity index (χ0v) is 10.6. The van der Waals surface area contributed by atoms with Gasteiger partial charge in [0.05, 0.1) is 4.83 Å². The standard InChI is InChI=1S/C9H6Br2OS/c10-5-2-1-3-7-8(5)9(12)6(11)4-13-7/h1-3,6H,4H2. The maximum absolute atomic E-state index is 11.7. The van der Waals surface area contributed by atoms with Gasteiger partial charge in [-0.3, -0.25) is 4.79 Å². The van der Waals surface area contributed by atoms with E-state index in [-0.39, 0.29) is 10.6 Å². The Kier molecular flexibility index (Phi) is 2.81. The minimum Gasteiger partial charge on any atom is -0.293 e. The zero-order valence-electron chi connectivity index (χ0n) is 6.59. The van der Waals surface area contributed by atoms with Crippen molar-refractivity contribution in [3.63, 3.8) is 0 Å². The lowest BCUT2D eigenvalue weighted by Gasteiger charge is -2.19. The van der Waals surface area contributed by atoms with Crippen LogP contribution in [0.1, 0.15) is 10.4 Å². The van der Waals surface area contributed by atoms with Gasteiger partial charge in [-0.15, -0.1) is 11.8 Å². The molecule has 2 rings (SSSR count). The number of hydrogen-bond acceptors (Lipinski definition) is 2. The summed E-state index contributed by atoms with van der Waals surface area (Å²) in [5, 5.41) is 0. The van der Waals surface area contributed by atoms with E-state index in [1.807, 2.05) is 18.2 Å². The fourth-order valence-electron chi connectivity index (χ4n) is 1.26. The molecule has 0 aromatic heterocycles. The Morgan fingerprint density at radius 2 is 2.23 bits per heavy atom. The number of hydrogen-bond donors (Lipinski definition) is 0. The Hall–Kier alpha value is 0.200. The molecule has 13 heavy (non-hydrogen) atoms. The van der Waals surface area contributed by atoms with Gasteiger partial charge in [-0.05, 0) is 12.1 Å². The predicted octanol–water partition coefficient (Wildman–Crippen LogP) is 3.50. The second kappa shape index (κ2) is 3.75. The highest BCUT2D eigenvalue weighted by molar-refractivity contribution is 9.10. The molecular formula is C9H6Br2OS. The molecule has 0 bridgehead atoms. The normalized spacial score (nSPS) is 21.4. The molecule has 0 saturated heterocycles. The van der Waals surface area contributed by atoms with Crippen LogP contribution in [-0.4, -0.2) is 16.4 Å². The van der Waals surface area contributed by atoms with E-state index < -0.39 is 0 Å². The molecule has 1 aliphatic rings. The van der Waals surface area contributed by atoms with Crippen molar-refractivity contribution in [2.24, 2.45) is 0 Å². The molecule has 0 N–H and O–H groups in total. The first-order valence-corrected chi connectivity index (χ1v) is 6.49. The van der Waals surface area contributed by atoms with Crippen molar-refractivity contribution in [1.29, 1.82) is 0 Å². The van der Waals surface area contributed by atoms with E-state index in [0.29, 0.717) is 0 Å². The van der Waals surface area contributed by atoms with E-state index in [1.165, 1.54) is 0 Å². The lowest BCUT2D eigenvalue weighted by Crippen LogP contribution is -2.22. The van der Waals surface area contributed by atoms with Crippen molar-refractivity contribution in [2.75, 3.05) is 5.75 Å². The first-order chi connectivity index (χ1) is 6.20. The summed E-state index contributed by atoms with van der Waals surface area (Å²) in [6.07, 6.45) is 0. The molecule has 1 aromatic carbocycles. The van der Waals surface area contributed by atoms with Gasteiger partial charge >= 0.3 is 0 Å². The smallest absolute Gasteiger partial charge is 0.179 e. The molecular weight excluding hydrogens is 316 g/mol. The van der Waals surface area contributed by atoms with Gasteiger partial charge in [-0.1, -0.05) is 37.9 Å². The monoisotopic (exact) mass is 320 g/mol. The number of benzene rings is 1.